The number of carboxylic acid groups (broad SMARTS) is 1. The number of halogens is 5. The maximum Gasteiger partial charge on any atom is 0.419 e. The summed E-state index contributed by atoms with van der Waals surface area (Å²) in [6, 6.07) is 16.5. The lowest BCUT2D eigenvalue weighted by molar-refractivity contribution is -0.136. The number of nitrogens with zero attached hydrogens (tertiary/aromatic N) is 2. The van der Waals surface area contributed by atoms with Gasteiger partial charge in [-0.2, -0.15) is 13.2 Å². The van der Waals surface area contributed by atoms with Gasteiger partial charge in [-0.1, -0.05) is 48.5 Å². The summed E-state index contributed by atoms with van der Waals surface area (Å²) in [5.41, 5.74) is 0.284. The average Bonchev–Trinajstić information content (AvgIpc) is 2.91. The van der Waals surface area contributed by atoms with Gasteiger partial charge in [0.1, 0.15) is 23.7 Å². The standard InChI is InChI=1S/C20H13F3N2.C9H7F2NO3/c1-12-8-9-16(18-14(12)7-4-10-24-18)19-17(20(21,22)23)15-6-3-2-5-13(15)11-25-19;10-5-2-1-3-6(11)8(5)9(15)12-4-7(13)14/h2-11H,1H3;1-3H,4H2,(H,12,15)(H,13,14). The minimum absolute atomic E-state index is 0.0881. The van der Waals surface area contributed by atoms with Gasteiger partial charge in [-0.15, -0.1) is 0 Å². The molecule has 5 rings (SSSR count). The van der Waals surface area contributed by atoms with E-state index in [1.54, 1.807) is 42.6 Å². The molecule has 40 heavy (non-hydrogen) atoms. The third-order valence-corrected chi connectivity index (χ3v) is 5.92. The number of amides is 1. The highest BCUT2D eigenvalue weighted by Gasteiger charge is 2.37. The van der Waals surface area contributed by atoms with Crippen molar-refractivity contribution in [2.45, 2.75) is 13.1 Å². The molecule has 0 bridgehead atoms. The van der Waals surface area contributed by atoms with Gasteiger partial charge >= 0.3 is 12.1 Å². The molecule has 204 valence electrons. The van der Waals surface area contributed by atoms with E-state index in [2.05, 4.69) is 9.97 Å². The van der Waals surface area contributed by atoms with Crippen LogP contribution in [0.5, 0.6) is 0 Å². The third kappa shape index (κ3) is 5.88. The molecule has 1 amide bonds. The summed E-state index contributed by atoms with van der Waals surface area (Å²) in [6.07, 6.45) is -1.46. The molecule has 0 aliphatic carbocycles. The highest BCUT2D eigenvalue weighted by Crippen LogP contribution is 2.42. The average molecular weight is 553 g/mol. The van der Waals surface area contributed by atoms with Crippen molar-refractivity contribution in [1.29, 1.82) is 0 Å². The van der Waals surface area contributed by atoms with Crippen LogP contribution in [0.15, 0.2) is 79.1 Å². The number of carboxylic acids is 1. The minimum atomic E-state index is -4.52. The van der Waals surface area contributed by atoms with Crippen molar-refractivity contribution < 1.29 is 36.6 Å². The molecule has 6 nitrogen and oxygen atoms in total. The highest BCUT2D eigenvalue weighted by atomic mass is 19.4. The molecule has 0 radical (unpaired) electrons. The molecule has 11 heteroatoms. The van der Waals surface area contributed by atoms with Crippen LogP contribution in [0.25, 0.3) is 32.9 Å². The Bertz CT molecular complexity index is 1720. The van der Waals surface area contributed by atoms with Crippen molar-refractivity contribution in [2.75, 3.05) is 6.54 Å². The van der Waals surface area contributed by atoms with E-state index in [1.165, 1.54) is 12.3 Å². The SMILES string of the molecule is Cc1ccc(-c2ncc3ccccc3c2C(F)(F)F)c2ncccc12.O=C(O)CNC(=O)c1c(F)cccc1F. The van der Waals surface area contributed by atoms with Gasteiger partial charge in [0, 0.05) is 28.7 Å². The van der Waals surface area contributed by atoms with Crippen molar-refractivity contribution in [2.24, 2.45) is 0 Å². The van der Waals surface area contributed by atoms with E-state index in [4.69, 9.17) is 5.11 Å². The molecular formula is C29H20F5N3O3. The second-order valence-corrected chi connectivity index (χ2v) is 8.57. The Morgan fingerprint density at radius 3 is 2.23 bits per heavy atom. The molecule has 2 N–H and O–H groups in total. The number of alkyl halides is 3. The lowest BCUT2D eigenvalue weighted by Gasteiger charge is -2.16. The predicted octanol–water partition coefficient (Wildman–Crippen LogP) is 6.56. The molecular weight excluding hydrogens is 533 g/mol. The van der Waals surface area contributed by atoms with E-state index in [9.17, 15) is 31.5 Å². The van der Waals surface area contributed by atoms with Crippen LogP contribution in [0.4, 0.5) is 22.0 Å². The number of aliphatic carboxylic acids is 1. The fourth-order valence-corrected chi connectivity index (χ4v) is 4.12. The number of aromatic nitrogens is 2. The van der Waals surface area contributed by atoms with Crippen LogP contribution >= 0.6 is 0 Å². The molecule has 0 saturated carbocycles. The zero-order valence-electron chi connectivity index (χ0n) is 20.8. The van der Waals surface area contributed by atoms with Crippen LogP contribution in [0.3, 0.4) is 0 Å². The summed E-state index contributed by atoms with van der Waals surface area (Å²) in [4.78, 5) is 29.7. The van der Waals surface area contributed by atoms with E-state index in [1.807, 2.05) is 18.3 Å². The van der Waals surface area contributed by atoms with Gasteiger partial charge in [-0.3, -0.25) is 19.6 Å². The van der Waals surface area contributed by atoms with E-state index in [0.29, 0.717) is 16.5 Å². The highest BCUT2D eigenvalue weighted by molar-refractivity contribution is 5.99. The Hall–Kier alpha value is -4.93. The smallest absolute Gasteiger partial charge is 0.419 e. The van der Waals surface area contributed by atoms with E-state index in [0.717, 1.165) is 29.1 Å². The summed E-state index contributed by atoms with van der Waals surface area (Å²) >= 11 is 0. The third-order valence-electron chi connectivity index (χ3n) is 5.92. The molecule has 3 aromatic carbocycles. The van der Waals surface area contributed by atoms with Crippen molar-refractivity contribution in [3.8, 4) is 11.3 Å². The van der Waals surface area contributed by atoms with Crippen LogP contribution in [-0.2, 0) is 11.0 Å². The number of nitrogens with one attached hydrogen (secondary N) is 1. The lowest BCUT2D eigenvalue weighted by Crippen LogP contribution is -2.30. The van der Waals surface area contributed by atoms with Crippen LogP contribution in [0.1, 0.15) is 21.5 Å². The first-order valence-corrected chi connectivity index (χ1v) is 11.7. The van der Waals surface area contributed by atoms with Crippen molar-refractivity contribution in [1.82, 2.24) is 15.3 Å². The van der Waals surface area contributed by atoms with Gasteiger partial charge in [0.2, 0.25) is 0 Å². The monoisotopic (exact) mass is 553 g/mol. The maximum atomic E-state index is 13.9. The summed E-state index contributed by atoms with van der Waals surface area (Å²) in [5, 5.41) is 11.5. The van der Waals surface area contributed by atoms with Gasteiger partial charge < -0.3 is 10.4 Å². The van der Waals surface area contributed by atoms with Crippen molar-refractivity contribution in [3.05, 3.63) is 107 Å². The first-order valence-electron chi connectivity index (χ1n) is 11.7. The molecule has 0 atom stereocenters. The number of carbonyl (C=O) groups is 2. The Kier molecular flexibility index (Phi) is 8.03. The van der Waals surface area contributed by atoms with Gasteiger partial charge in [-0.05, 0) is 36.1 Å². The molecule has 0 spiro atoms. The number of hydrogen-bond acceptors (Lipinski definition) is 4. The number of aryl methyl sites for hydroxylation is 1. The number of rotatable bonds is 4. The minimum Gasteiger partial charge on any atom is -0.480 e. The number of carbonyl (C=O) groups excluding carboxylic acids is 1. The fraction of sp³-hybridized carbons (Fsp3) is 0.103. The topological polar surface area (TPSA) is 92.2 Å². The van der Waals surface area contributed by atoms with Crippen LogP contribution in [0.2, 0.25) is 0 Å². The summed E-state index contributed by atoms with van der Waals surface area (Å²) in [5.74, 6) is -4.44. The van der Waals surface area contributed by atoms with Crippen LogP contribution < -0.4 is 5.32 Å². The van der Waals surface area contributed by atoms with Crippen LogP contribution in [-0.4, -0.2) is 33.5 Å². The van der Waals surface area contributed by atoms with Gasteiger partial charge in [0.25, 0.3) is 5.91 Å². The van der Waals surface area contributed by atoms with Crippen molar-refractivity contribution in [3.63, 3.8) is 0 Å². The maximum absolute atomic E-state index is 13.9. The van der Waals surface area contributed by atoms with E-state index >= 15 is 0 Å². The number of hydrogen-bond donors (Lipinski definition) is 2. The summed E-state index contributed by atoms with van der Waals surface area (Å²) in [7, 11) is 0. The molecule has 0 unspecified atom stereocenters. The largest absolute Gasteiger partial charge is 0.480 e. The second kappa shape index (κ2) is 11.4. The number of fused-ring (bicyclic) bond motifs is 2. The van der Waals surface area contributed by atoms with E-state index < -0.39 is 47.4 Å². The lowest BCUT2D eigenvalue weighted by atomic mass is 9.96. The molecule has 2 aromatic heterocycles. The number of pyridine rings is 2. The van der Waals surface area contributed by atoms with Gasteiger partial charge in [0.05, 0.1) is 16.8 Å². The first-order chi connectivity index (χ1) is 19.0. The predicted molar refractivity (Wildman–Crippen MR) is 139 cm³/mol. The fourth-order valence-electron chi connectivity index (χ4n) is 4.12. The van der Waals surface area contributed by atoms with Gasteiger partial charge in [-0.25, -0.2) is 8.78 Å². The zero-order chi connectivity index (χ0) is 29.0. The molecule has 0 fully saturated rings. The molecule has 5 aromatic rings. The molecule has 2 heterocycles. The quantitative estimate of drug-likeness (QED) is 0.246. The Morgan fingerprint density at radius 2 is 1.55 bits per heavy atom. The Labute approximate surface area is 224 Å². The van der Waals surface area contributed by atoms with E-state index in [-0.39, 0.29) is 11.1 Å². The second-order valence-electron chi connectivity index (χ2n) is 8.57. The van der Waals surface area contributed by atoms with Crippen molar-refractivity contribution >= 4 is 33.6 Å². The molecule has 0 saturated heterocycles. The van der Waals surface area contributed by atoms with Gasteiger partial charge in [0.15, 0.2) is 0 Å². The molecule has 0 aliphatic rings. The summed E-state index contributed by atoms with van der Waals surface area (Å²) in [6.45, 7) is 1.22. The van der Waals surface area contributed by atoms with Crippen LogP contribution in [0, 0.1) is 18.6 Å². The number of benzene rings is 3. The normalized spacial score (nSPS) is 11.2. The Morgan fingerprint density at radius 1 is 0.875 bits per heavy atom. The molecule has 0 aliphatic heterocycles. The first kappa shape index (κ1) is 28.1. The Balaban J connectivity index is 0.000000212. The zero-order valence-corrected chi connectivity index (χ0v) is 20.8. The summed E-state index contributed by atoms with van der Waals surface area (Å²) < 4.78 is 67.6.